The first-order chi connectivity index (χ1) is 21.7. The van der Waals surface area contributed by atoms with Crippen LogP contribution < -0.4 is 10.4 Å². The molecule has 1 aliphatic heterocycles. The third-order valence-corrected chi connectivity index (χ3v) is 15.5. The molecule has 0 amide bonds. The van der Waals surface area contributed by atoms with Gasteiger partial charge in [0.1, 0.15) is 0 Å². The van der Waals surface area contributed by atoms with Crippen LogP contribution in [0.3, 0.4) is 0 Å². The Kier molecular flexibility index (Phi) is 11.4. The number of piperidine rings is 1. The highest BCUT2D eigenvalue weighted by atomic mass is 28.4. The molecule has 0 aromatic heterocycles. The van der Waals surface area contributed by atoms with Crippen LogP contribution in [0.4, 0.5) is 0 Å². The van der Waals surface area contributed by atoms with Gasteiger partial charge in [0.25, 0.3) is 8.32 Å². The van der Waals surface area contributed by atoms with Crippen LogP contribution in [-0.2, 0) is 15.8 Å². The number of hydrogen-bond donors (Lipinski definition) is 3. The van der Waals surface area contributed by atoms with Crippen LogP contribution in [-0.4, -0.2) is 66.3 Å². The Morgan fingerprint density at radius 2 is 1.42 bits per heavy atom. The van der Waals surface area contributed by atoms with Crippen molar-refractivity contribution in [3.8, 4) is 0 Å². The summed E-state index contributed by atoms with van der Waals surface area (Å²) < 4.78 is 13.3. The summed E-state index contributed by atoms with van der Waals surface area (Å²) in [6.07, 6.45) is 5.36. The van der Waals surface area contributed by atoms with E-state index in [1.54, 1.807) is 5.06 Å². The molecule has 2 aliphatic rings. The van der Waals surface area contributed by atoms with Gasteiger partial charge in [0, 0.05) is 24.5 Å². The van der Waals surface area contributed by atoms with Crippen molar-refractivity contribution in [3.05, 3.63) is 96.6 Å². The Bertz CT molecular complexity index is 1260. The minimum atomic E-state index is -2.70. The maximum Gasteiger partial charge on any atom is 0.261 e. The molecule has 5 rings (SSSR count). The van der Waals surface area contributed by atoms with Gasteiger partial charge in [0.05, 0.1) is 31.5 Å². The van der Waals surface area contributed by atoms with Crippen molar-refractivity contribution in [2.45, 2.75) is 95.0 Å². The normalized spacial score (nSPS) is 24.1. The average Bonchev–Trinajstić information content (AvgIpc) is 3.45. The molecule has 0 bridgehead atoms. The van der Waals surface area contributed by atoms with Crippen molar-refractivity contribution in [1.82, 2.24) is 5.06 Å². The molecule has 2 fully saturated rings. The molecule has 6 nitrogen and oxygen atoms in total. The smallest absolute Gasteiger partial charge is 0.261 e. The van der Waals surface area contributed by atoms with E-state index < -0.39 is 20.3 Å². The quantitative estimate of drug-likeness (QED) is 0.203. The van der Waals surface area contributed by atoms with Crippen LogP contribution in [0, 0.1) is 11.8 Å². The maximum absolute atomic E-state index is 11.9. The summed E-state index contributed by atoms with van der Waals surface area (Å²) in [7, 11) is -2.70. The molecule has 7 heteroatoms. The molecule has 3 aromatic rings. The third-order valence-electron chi connectivity index (χ3n) is 10.5. The van der Waals surface area contributed by atoms with Gasteiger partial charge in [-0.2, -0.15) is 5.06 Å². The summed E-state index contributed by atoms with van der Waals surface area (Å²) in [5.74, 6) is -0.218. The predicted molar refractivity (Wildman–Crippen MR) is 182 cm³/mol. The van der Waals surface area contributed by atoms with E-state index in [0.29, 0.717) is 19.6 Å². The number of ether oxygens (including phenoxy) is 1. The van der Waals surface area contributed by atoms with Crippen LogP contribution in [0.15, 0.2) is 91.0 Å². The second-order valence-electron chi connectivity index (χ2n) is 14.3. The molecular weight excluding hydrogens is 579 g/mol. The molecule has 1 saturated heterocycles. The van der Waals surface area contributed by atoms with Crippen LogP contribution in [0.1, 0.15) is 71.3 Å². The van der Waals surface area contributed by atoms with E-state index in [2.05, 4.69) is 81.4 Å². The molecule has 5 atom stereocenters. The van der Waals surface area contributed by atoms with Gasteiger partial charge in [-0.25, -0.2) is 0 Å². The van der Waals surface area contributed by atoms with Crippen molar-refractivity contribution < 1.29 is 24.6 Å². The van der Waals surface area contributed by atoms with Crippen molar-refractivity contribution in [3.63, 3.8) is 0 Å². The molecule has 3 N–H and O–H groups in total. The standard InChI is InChI=1S/C38H53NO5Si/c1-37(2,3)45(34-19-9-5-10-20-34,35-21-11-6-12-22-35)44-29-32-17-13-23-38(32)24-14-18-33(39(38)42)25-36(41)31(26-40)28-43-27-30-15-7-4-8-16-30/h4-12,15-16,19-22,31-33,36,40-42H,13-14,17-18,23-29H2,1-3H3/t31-,32+,33+,36+,38-/m0/s1. The van der Waals surface area contributed by atoms with E-state index in [0.717, 1.165) is 44.1 Å². The van der Waals surface area contributed by atoms with E-state index in [4.69, 9.17) is 9.16 Å². The molecule has 244 valence electrons. The lowest BCUT2D eigenvalue weighted by Crippen LogP contribution is -2.67. The van der Waals surface area contributed by atoms with Gasteiger partial charge in [0.2, 0.25) is 0 Å². The summed E-state index contributed by atoms with van der Waals surface area (Å²) in [4.78, 5) is 0. The highest BCUT2D eigenvalue weighted by Crippen LogP contribution is 2.49. The van der Waals surface area contributed by atoms with Crippen LogP contribution >= 0.6 is 0 Å². The summed E-state index contributed by atoms with van der Waals surface area (Å²) in [6, 6.07) is 31.3. The average molecular weight is 632 g/mol. The molecule has 1 aliphatic carbocycles. The van der Waals surface area contributed by atoms with E-state index in [9.17, 15) is 15.4 Å². The lowest BCUT2D eigenvalue weighted by atomic mass is 9.76. The number of rotatable bonds is 13. The second kappa shape index (κ2) is 15.0. The number of aliphatic hydroxyl groups is 2. The first-order valence-electron chi connectivity index (χ1n) is 16.8. The van der Waals surface area contributed by atoms with E-state index in [1.165, 1.54) is 10.4 Å². The molecule has 45 heavy (non-hydrogen) atoms. The van der Waals surface area contributed by atoms with Gasteiger partial charge in [-0.15, -0.1) is 0 Å². The Morgan fingerprint density at radius 1 is 0.867 bits per heavy atom. The zero-order chi connectivity index (χ0) is 31.9. The minimum absolute atomic E-state index is 0.110. The fourth-order valence-electron chi connectivity index (χ4n) is 8.10. The SMILES string of the molecule is CC(C)(C)[Si](OC[C@H]1CCC[C@]12CCC[C@H](C[C@@H](O)[C@@H](CO)COCc1ccccc1)N2O)(c1ccccc1)c1ccccc1. The van der Waals surface area contributed by atoms with Crippen LogP contribution in [0.2, 0.25) is 5.04 Å². The molecule has 1 saturated carbocycles. The van der Waals surface area contributed by atoms with Crippen molar-refractivity contribution in [2.75, 3.05) is 19.8 Å². The summed E-state index contributed by atoms with van der Waals surface area (Å²) in [6.45, 7) is 8.06. The van der Waals surface area contributed by atoms with E-state index in [1.807, 2.05) is 30.3 Å². The lowest BCUT2D eigenvalue weighted by Gasteiger charge is -2.51. The van der Waals surface area contributed by atoms with Gasteiger partial charge >= 0.3 is 0 Å². The number of hydrogen-bond acceptors (Lipinski definition) is 6. The second-order valence-corrected chi connectivity index (χ2v) is 18.6. The number of benzene rings is 3. The fourth-order valence-corrected chi connectivity index (χ4v) is 12.7. The largest absolute Gasteiger partial charge is 0.407 e. The van der Waals surface area contributed by atoms with Crippen molar-refractivity contribution in [2.24, 2.45) is 11.8 Å². The third kappa shape index (κ3) is 7.30. The van der Waals surface area contributed by atoms with Crippen LogP contribution in [0.5, 0.6) is 0 Å². The molecule has 0 unspecified atom stereocenters. The fraction of sp³-hybridized carbons (Fsp3) is 0.526. The maximum atomic E-state index is 11.9. The number of aliphatic hydroxyl groups excluding tert-OH is 2. The highest BCUT2D eigenvalue weighted by molar-refractivity contribution is 6.99. The first kappa shape index (κ1) is 34.0. The van der Waals surface area contributed by atoms with Gasteiger partial charge in [-0.3, -0.25) is 0 Å². The number of hydroxylamine groups is 2. The molecule has 0 radical (unpaired) electrons. The molecule has 3 aromatic carbocycles. The Labute approximate surface area is 271 Å². The predicted octanol–water partition coefficient (Wildman–Crippen LogP) is 5.92. The molecule has 1 heterocycles. The summed E-state index contributed by atoms with van der Waals surface area (Å²) in [5.41, 5.74) is 0.694. The first-order valence-corrected chi connectivity index (χ1v) is 18.8. The van der Waals surface area contributed by atoms with Gasteiger partial charge in [-0.1, -0.05) is 118 Å². The monoisotopic (exact) mass is 631 g/mol. The molecule has 1 spiro atoms. The molecular formula is C38H53NO5Si. The highest BCUT2D eigenvalue weighted by Gasteiger charge is 2.55. The number of nitrogens with zero attached hydrogens (tertiary/aromatic N) is 1. The zero-order valence-electron chi connectivity index (χ0n) is 27.4. The Morgan fingerprint density at radius 3 is 1.98 bits per heavy atom. The lowest BCUT2D eigenvalue weighted by molar-refractivity contribution is -0.242. The van der Waals surface area contributed by atoms with E-state index in [-0.39, 0.29) is 35.8 Å². The summed E-state index contributed by atoms with van der Waals surface area (Å²) >= 11 is 0. The zero-order valence-corrected chi connectivity index (χ0v) is 28.4. The summed E-state index contributed by atoms with van der Waals surface area (Å²) in [5, 5.41) is 37.3. The van der Waals surface area contributed by atoms with Gasteiger partial charge < -0.3 is 24.6 Å². The Balaban J connectivity index is 1.30. The van der Waals surface area contributed by atoms with Gasteiger partial charge in [-0.05, 0) is 59.5 Å². The van der Waals surface area contributed by atoms with Crippen molar-refractivity contribution >= 4 is 18.7 Å². The topological polar surface area (TPSA) is 82.4 Å². The van der Waals surface area contributed by atoms with Crippen LogP contribution in [0.25, 0.3) is 0 Å². The van der Waals surface area contributed by atoms with Gasteiger partial charge in [0.15, 0.2) is 0 Å². The minimum Gasteiger partial charge on any atom is -0.407 e. The Hall–Kier alpha value is -2.36. The van der Waals surface area contributed by atoms with E-state index >= 15 is 0 Å². The van der Waals surface area contributed by atoms with Crippen molar-refractivity contribution in [1.29, 1.82) is 0 Å².